The molecular weight excluding hydrogens is 348 g/mol. The quantitative estimate of drug-likeness (QED) is 0.627. The summed E-state index contributed by atoms with van der Waals surface area (Å²) < 4.78 is 0. The molecule has 6 heteroatoms. The Labute approximate surface area is 168 Å². The van der Waals surface area contributed by atoms with Crippen LogP contribution in [0.5, 0.6) is 0 Å². The molecule has 1 atom stereocenters. The molecule has 0 spiro atoms. The van der Waals surface area contributed by atoms with Gasteiger partial charge in [0.2, 0.25) is 5.95 Å². The van der Waals surface area contributed by atoms with Crippen LogP contribution in [-0.2, 0) is 6.42 Å². The maximum atomic E-state index is 7.11. The van der Waals surface area contributed by atoms with Crippen LogP contribution in [0.4, 0.5) is 5.95 Å². The van der Waals surface area contributed by atoms with E-state index in [1.165, 1.54) is 5.56 Å². The lowest BCUT2D eigenvalue weighted by molar-refractivity contribution is 0.170. The second-order valence-corrected chi connectivity index (χ2v) is 9.29. The Hall–Kier alpha value is -2.34. The van der Waals surface area contributed by atoms with Gasteiger partial charge in [0.05, 0.1) is 11.7 Å². The summed E-state index contributed by atoms with van der Waals surface area (Å²) in [4.78, 5) is 9.19. The van der Waals surface area contributed by atoms with E-state index in [1.807, 2.05) is 19.2 Å². The van der Waals surface area contributed by atoms with E-state index in [0.717, 1.165) is 30.5 Å². The maximum Gasteiger partial charge on any atom is 0.223 e. The lowest BCUT2D eigenvalue weighted by Gasteiger charge is -2.46. The van der Waals surface area contributed by atoms with Gasteiger partial charge in [0, 0.05) is 28.9 Å². The van der Waals surface area contributed by atoms with Crippen molar-refractivity contribution in [3.63, 3.8) is 0 Å². The van der Waals surface area contributed by atoms with Gasteiger partial charge in [-0.15, -0.1) is 0 Å². The van der Waals surface area contributed by atoms with E-state index in [2.05, 4.69) is 72.7 Å². The van der Waals surface area contributed by atoms with Crippen molar-refractivity contribution in [2.24, 2.45) is 5.11 Å². The second kappa shape index (κ2) is 7.95. The predicted molar refractivity (Wildman–Crippen MR) is 114 cm³/mol. The van der Waals surface area contributed by atoms with Crippen LogP contribution in [0.1, 0.15) is 53.0 Å². The molecule has 1 saturated heterocycles. The van der Waals surface area contributed by atoms with E-state index in [-0.39, 0.29) is 17.1 Å². The summed E-state index contributed by atoms with van der Waals surface area (Å²) in [6, 6.07) is 10.6. The van der Waals surface area contributed by atoms with Gasteiger partial charge in [-0.2, -0.15) is 5.11 Å². The number of piperidine rings is 1. The normalized spacial score (nSPS) is 19.8. The van der Waals surface area contributed by atoms with Crippen molar-refractivity contribution >= 4 is 5.95 Å². The summed E-state index contributed by atoms with van der Waals surface area (Å²) in [5, 5.41) is 10.8. The first kappa shape index (κ1) is 20.4. The smallest absolute Gasteiger partial charge is 0.223 e. The van der Waals surface area contributed by atoms with E-state index >= 15 is 0 Å². The zero-order valence-corrected chi connectivity index (χ0v) is 17.6. The van der Waals surface area contributed by atoms with Crippen molar-refractivity contribution in [3.05, 3.63) is 42.1 Å². The molecule has 28 heavy (non-hydrogen) atoms. The highest BCUT2D eigenvalue weighted by Gasteiger charge is 2.37. The highest BCUT2D eigenvalue weighted by Crippen LogP contribution is 2.30. The van der Waals surface area contributed by atoms with Crippen molar-refractivity contribution in [2.75, 3.05) is 5.32 Å². The standard InChI is InChI=1S/C22H32N6/c1-15(27-23)12-16-6-8-17(9-7-16)19-10-11-24-20(26-19)25-18-13-21(2,3)28-22(4,5)14-18/h6-11,15,18,23,28H,12-14H2,1-5H3,(H,24,25,26). The molecule has 0 bridgehead atoms. The highest BCUT2D eigenvalue weighted by molar-refractivity contribution is 5.60. The molecule has 2 heterocycles. The topological polar surface area (TPSA) is 86.1 Å². The minimum Gasteiger partial charge on any atom is -0.351 e. The zero-order chi connectivity index (χ0) is 20.4. The van der Waals surface area contributed by atoms with Gasteiger partial charge in [-0.05, 0) is 65.5 Å². The van der Waals surface area contributed by atoms with E-state index in [0.29, 0.717) is 12.0 Å². The molecule has 1 fully saturated rings. The van der Waals surface area contributed by atoms with E-state index < -0.39 is 0 Å². The van der Waals surface area contributed by atoms with Gasteiger partial charge < -0.3 is 10.6 Å². The van der Waals surface area contributed by atoms with Crippen LogP contribution in [0.25, 0.3) is 11.3 Å². The molecule has 2 aromatic rings. The van der Waals surface area contributed by atoms with Gasteiger partial charge in [-0.3, -0.25) is 0 Å². The first-order chi connectivity index (χ1) is 13.2. The lowest BCUT2D eigenvalue weighted by atomic mass is 9.80. The molecular formula is C22H32N6. The summed E-state index contributed by atoms with van der Waals surface area (Å²) in [6.07, 6.45) is 4.65. The molecule has 3 rings (SSSR count). The fourth-order valence-electron chi connectivity index (χ4n) is 4.39. The molecule has 1 aliphatic rings. The van der Waals surface area contributed by atoms with Crippen LogP contribution < -0.4 is 10.6 Å². The summed E-state index contributed by atoms with van der Waals surface area (Å²) in [6.45, 7) is 10.9. The Morgan fingerprint density at radius 2 is 1.79 bits per heavy atom. The molecule has 1 aromatic carbocycles. The minimum atomic E-state index is 0.0131. The molecule has 1 aromatic heterocycles. The minimum absolute atomic E-state index is 0.0131. The number of nitrogens with zero attached hydrogens (tertiary/aromatic N) is 3. The van der Waals surface area contributed by atoms with E-state index in [9.17, 15) is 0 Å². The van der Waals surface area contributed by atoms with E-state index in [1.54, 1.807) is 0 Å². The Bertz CT molecular complexity index is 796. The van der Waals surface area contributed by atoms with Gasteiger partial charge >= 0.3 is 0 Å². The number of rotatable bonds is 6. The monoisotopic (exact) mass is 380 g/mol. The Morgan fingerprint density at radius 1 is 1.14 bits per heavy atom. The van der Waals surface area contributed by atoms with E-state index in [4.69, 9.17) is 10.5 Å². The van der Waals surface area contributed by atoms with Crippen molar-refractivity contribution in [1.29, 1.82) is 5.53 Å². The average molecular weight is 381 g/mol. The molecule has 0 radical (unpaired) electrons. The van der Waals surface area contributed by atoms with Gasteiger partial charge in [-0.25, -0.2) is 15.5 Å². The van der Waals surface area contributed by atoms with Crippen molar-refractivity contribution in [2.45, 2.75) is 77.0 Å². The molecule has 0 saturated carbocycles. The van der Waals surface area contributed by atoms with Crippen LogP contribution in [0.15, 0.2) is 41.6 Å². The lowest BCUT2D eigenvalue weighted by Crippen LogP contribution is -2.60. The van der Waals surface area contributed by atoms with Gasteiger partial charge in [0.1, 0.15) is 0 Å². The number of aromatic nitrogens is 2. The van der Waals surface area contributed by atoms with Crippen molar-refractivity contribution in [3.8, 4) is 11.3 Å². The number of anilines is 1. The number of hydrogen-bond acceptors (Lipinski definition) is 6. The maximum absolute atomic E-state index is 7.11. The van der Waals surface area contributed by atoms with Crippen molar-refractivity contribution in [1.82, 2.24) is 15.3 Å². The van der Waals surface area contributed by atoms with Crippen LogP contribution in [0.3, 0.4) is 0 Å². The summed E-state index contributed by atoms with van der Waals surface area (Å²) >= 11 is 0. The Balaban J connectivity index is 1.73. The van der Waals surface area contributed by atoms with Crippen LogP contribution in [0, 0.1) is 5.53 Å². The molecule has 1 unspecified atom stereocenters. The molecule has 0 amide bonds. The van der Waals surface area contributed by atoms with Gasteiger partial charge in [0.25, 0.3) is 0 Å². The number of hydrogen-bond donors (Lipinski definition) is 3. The highest BCUT2D eigenvalue weighted by atomic mass is 15.1. The summed E-state index contributed by atoms with van der Waals surface area (Å²) in [5.41, 5.74) is 10.4. The largest absolute Gasteiger partial charge is 0.351 e. The first-order valence-electron chi connectivity index (χ1n) is 10.0. The zero-order valence-electron chi connectivity index (χ0n) is 17.6. The van der Waals surface area contributed by atoms with Gasteiger partial charge in [-0.1, -0.05) is 24.3 Å². The number of benzene rings is 1. The van der Waals surface area contributed by atoms with Crippen LogP contribution >= 0.6 is 0 Å². The Kier molecular flexibility index (Phi) is 5.79. The predicted octanol–water partition coefficient (Wildman–Crippen LogP) is 4.83. The SMILES string of the molecule is CC(Cc1ccc(-c2ccnc(NC3CC(C)(C)NC(C)(C)C3)n2)cc1)N=N. The summed E-state index contributed by atoms with van der Waals surface area (Å²) in [7, 11) is 0. The van der Waals surface area contributed by atoms with Crippen LogP contribution in [-0.4, -0.2) is 33.1 Å². The van der Waals surface area contributed by atoms with Crippen LogP contribution in [0.2, 0.25) is 0 Å². The average Bonchev–Trinajstić information content (AvgIpc) is 2.59. The first-order valence-corrected chi connectivity index (χ1v) is 10.0. The van der Waals surface area contributed by atoms with Crippen molar-refractivity contribution < 1.29 is 0 Å². The molecule has 3 N–H and O–H groups in total. The Morgan fingerprint density at radius 3 is 2.39 bits per heavy atom. The molecule has 150 valence electrons. The molecule has 1 aliphatic heterocycles. The third kappa shape index (κ3) is 5.35. The molecule has 0 aliphatic carbocycles. The fraction of sp³-hybridized carbons (Fsp3) is 0.545. The third-order valence-electron chi connectivity index (χ3n) is 5.18. The summed E-state index contributed by atoms with van der Waals surface area (Å²) in [5.74, 6) is 0.682. The second-order valence-electron chi connectivity index (χ2n) is 9.29. The number of nitrogens with one attached hydrogen (secondary N) is 3. The van der Waals surface area contributed by atoms with Gasteiger partial charge in [0.15, 0.2) is 0 Å². The third-order valence-corrected chi connectivity index (χ3v) is 5.18. The fourth-order valence-corrected chi connectivity index (χ4v) is 4.39. The molecule has 6 nitrogen and oxygen atoms in total.